The normalized spacial score (nSPS) is 19.9. The van der Waals surface area contributed by atoms with E-state index < -0.39 is 5.60 Å². The quantitative estimate of drug-likeness (QED) is 0.742. The number of carbonyl (C=O) groups excluding carboxylic acids is 1. The molecule has 1 aromatic heterocycles. The highest BCUT2D eigenvalue weighted by Crippen LogP contribution is 2.46. The summed E-state index contributed by atoms with van der Waals surface area (Å²) < 4.78 is 11.5. The number of benzene rings is 1. The summed E-state index contributed by atoms with van der Waals surface area (Å²) in [5.41, 5.74) is 4.11. The second-order valence-electron chi connectivity index (χ2n) is 7.49. The van der Waals surface area contributed by atoms with Crippen LogP contribution in [-0.2, 0) is 32.9 Å². The molecule has 2 heterocycles. The Labute approximate surface area is 165 Å². The Morgan fingerprint density at radius 1 is 1.50 bits per heavy atom. The highest BCUT2D eigenvalue weighted by Gasteiger charge is 2.46. The van der Waals surface area contributed by atoms with E-state index in [2.05, 4.69) is 24.9 Å². The number of aromatic nitrogens is 1. The van der Waals surface area contributed by atoms with E-state index in [1.807, 2.05) is 6.92 Å². The standard InChI is InChI=1S/C22H28N2O4/c1-5-13(3)22(10-18(26)27-6-2)21-17(7-8-28-22)19-15(11-23)9-16(12-25)14(4)20(19)24-21/h9,13,24-25H,5-8,10,12H2,1-4H3/t13?,22-/m1/s1. The van der Waals surface area contributed by atoms with E-state index in [9.17, 15) is 15.2 Å². The fourth-order valence-corrected chi connectivity index (χ4v) is 4.36. The van der Waals surface area contributed by atoms with E-state index in [0.717, 1.165) is 39.7 Å². The molecule has 0 spiro atoms. The number of hydrogen-bond donors (Lipinski definition) is 2. The minimum absolute atomic E-state index is 0.0761. The summed E-state index contributed by atoms with van der Waals surface area (Å²) in [6.45, 7) is 8.57. The molecule has 2 atom stereocenters. The van der Waals surface area contributed by atoms with Crippen LogP contribution in [0.3, 0.4) is 0 Å². The first-order valence-electron chi connectivity index (χ1n) is 9.91. The number of fused-ring (bicyclic) bond motifs is 3. The molecule has 2 N–H and O–H groups in total. The zero-order chi connectivity index (χ0) is 20.5. The third-order valence-electron chi connectivity index (χ3n) is 6.09. The van der Waals surface area contributed by atoms with Crippen molar-refractivity contribution in [3.05, 3.63) is 34.0 Å². The van der Waals surface area contributed by atoms with Gasteiger partial charge in [-0.1, -0.05) is 20.3 Å². The maximum Gasteiger partial charge on any atom is 0.309 e. The van der Waals surface area contributed by atoms with Crippen molar-refractivity contribution in [2.45, 2.75) is 59.2 Å². The highest BCUT2D eigenvalue weighted by atomic mass is 16.5. The van der Waals surface area contributed by atoms with E-state index >= 15 is 0 Å². The average Bonchev–Trinajstić information content (AvgIpc) is 3.09. The van der Waals surface area contributed by atoms with Crippen LogP contribution in [0.1, 0.15) is 61.6 Å². The first kappa shape index (κ1) is 20.4. The Hall–Kier alpha value is -2.36. The summed E-state index contributed by atoms with van der Waals surface area (Å²) in [5.74, 6) is -0.213. The fourth-order valence-electron chi connectivity index (χ4n) is 4.36. The van der Waals surface area contributed by atoms with Crippen LogP contribution in [0, 0.1) is 24.2 Å². The second kappa shape index (κ2) is 7.94. The molecule has 0 saturated heterocycles. The third kappa shape index (κ3) is 3.09. The number of carbonyl (C=O) groups is 1. The molecule has 150 valence electrons. The van der Waals surface area contributed by atoms with Crippen molar-refractivity contribution in [3.63, 3.8) is 0 Å². The number of aromatic amines is 1. The lowest BCUT2D eigenvalue weighted by molar-refractivity contribution is -0.160. The Morgan fingerprint density at radius 3 is 2.86 bits per heavy atom. The number of nitrogens with zero attached hydrogens (tertiary/aromatic N) is 1. The van der Waals surface area contributed by atoms with Gasteiger partial charge in [0.1, 0.15) is 5.60 Å². The first-order chi connectivity index (χ1) is 13.4. The van der Waals surface area contributed by atoms with Gasteiger partial charge in [0, 0.05) is 5.39 Å². The monoisotopic (exact) mass is 384 g/mol. The molecule has 1 aromatic carbocycles. The van der Waals surface area contributed by atoms with Crippen molar-refractivity contribution in [2.24, 2.45) is 5.92 Å². The van der Waals surface area contributed by atoms with E-state index in [4.69, 9.17) is 9.47 Å². The molecule has 1 unspecified atom stereocenters. The molecule has 0 bridgehead atoms. The van der Waals surface area contributed by atoms with Gasteiger partial charge in [-0.2, -0.15) is 5.26 Å². The molecule has 0 saturated carbocycles. The molecule has 0 aliphatic carbocycles. The van der Waals surface area contributed by atoms with E-state index in [0.29, 0.717) is 25.2 Å². The van der Waals surface area contributed by atoms with Gasteiger partial charge in [-0.15, -0.1) is 0 Å². The topological polar surface area (TPSA) is 95.3 Å². The summed E-state index contributed by atoms with van der Waals surface area (Å²) in [5, 5.41) is 20.3. The van der Waals surface area contributed by atoms with Gasteiger partial charge in [0.25, 0.3) is 0 Å². The number of ether oxygens (including phenoxy) is 2. The number of aliphatic hydroxyl groups excluding tert-OH is 1. The van der Waals surface area contributed by atoms with Gasteiger partial charge >= 0.3 is 5.97 Å². The number of esters is 1. The van der Waals surface area contributed by atoms with Crippen molar-refractivity contribution < 1.29 is 19.4 Å². The van der Waals surface area contributed by atoms with Gasteiger partial charge < -0.3 is 19.6 Å². The lowest BCUT2D eigenvalue weighted by Crippen LogP contribution is -2.43. The number of aliphatic hydroxyl groups is 1. The van der Waals surface area contributed by atoms with Crippen LogP contribution in [0.15, 0.2) is 6.07 Å². The predicted octanol–water partition coefficient (Wildman–Crippen LogP) is 3.61. The second-order valence-corrected chi connectivity index (χ2v) is 7.49. The molecule has 2 aromatic rings. The SMILES string of the molecule is CCOC(=O)C[C@]1(C(C)CC)OCCc2c1[nH]c1c(C)c(CO)cc(C#N)c21. The molecule has 6 nitrogen and oxygen atoms in total. The fraction of sp³-hybridized carbons (Fsp3) is 0.545. The van der Waals surface area contributed by atoms with Crippen molar-refractivity contribution >= 4 is 16.9 Å². The smallest absolute Gasteiger partial charge is 0.309 e. The van der Waals surface area contributed by atoms with Crippen LogP contribution < -0.4 is 0 Å². The molecule has 0 fully saturated rings. The van der Waals surface area contributed by atoms with Gasteiger partial charge in [-0.25, -0.2) is 0 Å². The number of hydrogen-bond acceptors (Lipinski definition) is 5. The summed E-state index contributed by atoms with van der Waals surface area (Å²) in [4.78, 5) is 15.9. The minimum atomic E-state index is -0.813. The van der Waals surface area contributed by atoms with Gasteiger partial charge in [0.15, 0.2) is 0 Å². The zero-order valence-electron chi connectivity index (χ0n) is 17.0. The minimum Gasteiger partial charge on any atom is -0.466 e. The summed E-state index contributed by atoms with van der Waals surface area (Å²) in [6, 6.07) is 4.04. The summed E-state index contributed by atoms with van der Waals surface area (Å²) >= 11 is 0. The number of nitriles is 1. The van der Waals surface area contributed by atoms with Crippen LogP contribution >= 0.6 is 0 Å². The van der Waals surface area contributed by atoms with Crippen molar-refractivity contribution in [1.29, 1.82) is 5.26 Å². The molecule has 0 radical (unpaired) electrons. The third-order valence-corrected chi connectivity index (χ3v) is 6.09. The summed E-state index contributed by atoms with van der Waals surface area (Å²) in [6.07, 6.45) is 1.63. The van der Waals surface area contributed by atoms with Gasteiger partial charge in [-0.05, 0) is 48.9 Å². The Bertz CT molecular complexity index is 940. The van der Waals surface area contributed by atoms with Crippen LogP contribution in [0.4, 0.5) is 0 Å². The molecule has 3 rings (SSSR count). The van der Waals surface area contributed by atoms with E-state index in [-0.39, 0.29) is 24.9 Å². The van der Waals surface area contributed by atoms with Gasteiger partial charge in [-0.3, -0.25) is 4.79 Å². The number of nitrogens with one attached hydrogen (secondary N) is 1. The lowest BCUT2D eigenvalue weighted by Gasteiger charge is -2.41. The molecule has 1 aliphatic heterocycles. The van der Waals surface area contributed by atoms with Gasteiger partial charge in [0.05, 0.1) is 49.1 Å². The molecular formula is C22H28N2O4. The molecule has 6 heteroatoms. The maximum absolute atomic E-state index is 12.5. The Morgan fingerprint density at radius 2 is 2.25 bits per heavy atom. The van der Waals surface area contributed by atoms with Crippen LogP contribution in [0.5, 0.6) is 0 Å². The van der Waals surface area contributed by atoms with Crippen LogP contribution in [0.25, 0.3) is 10.9 Å². The maximum atomic E-state index is 12.5. The Kier molecular flexibility index (Phi) is 5.78. The van der Waals surface area contributed by atoms with Gasteiger partial charge in [0.2, 0.25) is 0 Å². The average molecular weight is 384 g/mol. The Balaban J connectivity index is 2.30. The largest absolute Gasteiger partial charge is 0.466 e. The molecular weight excluding hydrogens is 356 g/mol. The van der Waals surface area contributed by atoms with Crippen LogP contribution in [-0.4, -0.2) is 29.3 Å². The number of aryl methyl sites for hydroxylation is 1. The number of rotatable bonds is 6. The van der Waals surface area contributed by atoms with Crippen molar-refractivity contribution in [1.82, 2.24) is 4.98 Å². The van der Waals surface area contributed by atoms with E-state index in [1.54, 1.807) is 13.0 Å². The highest BCUT2D eigenvalue weighted by molar-refractivity contribution is 5.94. The number of H-pyrrole nitrogens is 1. The van der Waals surface area contributed by atoms with Crippen LogP contribution in [0.2, 0.25) is 0 Å². The molecule has 0 amide bonds. The molecule has 1 aliphatic rings. The lowest BCUT2D eigenvalue weighted by atomic mass is 9.77. The summed E-state index contributed by atoms with van der Waals surface area (Å²) in [7, 11) is 0. The van der Waals surface area contributed by atoms with Crippen molar-refractivity contribution in [3.8, 4) is 6.07 Å². The zero-order valence-corrected chi connectivity index (χ0v) is 17.0. The van der Waals surface area contributed by atoms with E-state index in [1.165, 1.54) is 0 Å². The predicted molar refractivity (Wildman–Crippen MR) is 106 cm³/mol. The first-order valence-corrected chi connectivity index (χ1v) is 9.91. The van der Waals surface area contributed by atoms with Crippen molar-refractivity contribution in [2.75, 3.05) is 13.2 Å². The molecule has 28 heavy (non-hydrogen) atoms.